The van der Waals surface area contributed by atoms with Crippen LogP contribution in [-0.4, -0.2) is 25.6 Å². The SMILES string of the molecule is CCc1ccc2c(c1)c(-c1ccc[nH]c1=O)c(C(=O)O)n2Cc1cc([N+](=O)[O-])ccc1Cl. The van der Waals surface area contributed by atoms with Crippen molar-refractivity contribution in [3.63, 3.8) is 0 Å². The second-order valence-corrected chi connectivity index (χ2v) is 7.67. The zero-order valence-electron chi connectivity index (χ0n) is 17.0. The van der Waals surface area contributed by atoms with Crippen molar-refractivity contribution in [3.05, 3.63) is 97.0 Å². The summed E-state index contributed by atoms with van der Waals surface area (Å²) in [5, 5.41) is 22.3. The van der Waals surface area contributed by atoms with Crippen molar-refractivity contribution in [2.24, 2.45) is 0 Å². The molecule has 32 heavy (non-hydrogen) atoms. The normalized spacial score (nSPS) is 11.1. The number of aromatic amines is 1. The minimum atomic E-state index is -1.22. The molecule has 4 rings (SSSR count). The van der Waals surface area contributed by atoms with Gasteiger partial charge in [-0.1, -0.05) is 24.6 Å². The zero-order valence-corrected chi connectivity index (χ0v) is 17.7. The first-order valence-electron chi connectivity index (χ1n) is 9.81. The van der Waals surface area contributed by atoms with Crippen LogP contribution in [0.15, 0.2) is 59.5 Å². The van der Waals surface area contributed by atoms with E-state index in [4.69, 9.17) is 11.6 Å². The van der Waals surface area contributed by atoms with Crippen LogP contribution in [0.2, 0.25) is 5.02 Å². The van der Waals surface area contributed by atoms with Crippen molar-refractivity contribution in [2.75, 3.05) is 0 Å². The maximum Gasteiger partial charge on any atom is 0.353 e. The van der Waals surface area contributed by atoms with Crippen LogP contribution in [-0.2, 0) is 13.0 Å². The topological polar surface area (TPSA) is 118 Å². The summed E-state index contributed by atoms with van der Waals surface area (Å²) in [6.45, 7) is 1.96. The van der Waals surface area contributed by atoms with E-state index in [9.17, 15) is 24.8 Å². The Morgan fingerprint density at radius 2 is 2.00 bits per heavy atom. The molecule has 2 aromatic carbocycles. The van der Waals surface area contributed by atoms with Gasteiger partial charge in [-0.3, -0.25) is 14.9 Å². The average Bonchev–Trinajstić information content (AvgIpc) is 3.08. The maximum absolute atomic E-state index is 12.6. The summed E-state index contributed by atoms with van der Waals surface area (Å²) >= 11 is 6.29. The summed E-state index contributed by atoms with van der Waals surface area (Å²) < 4.78 is 1.53. The second kappa shape index (κ2) is 8.32. The summed E-state index contributed by atoms with van der Waals surface area (Å²) in [6.07, 6.45) is 2.20. The van der Waals surface area contributed by atoms with E-state index in [1.165, 1.54) is 29.0 Å². The van der Waals surface area contributed by atoms with Crippen LogP contribution in [0.4, 0.5) is 5.69 Å². The molecule has 0 amide bonds. The molecule has 0 atom stereocenters. The Hall–Kier alpha value is -3.91. The molecule has 0 radical (unpaired) electrons. The van der Waals surface area contributed by atoms with E-state index < -0.39 is 16.5 Å². The monoisotopic (exact) mass is 451 g/mol. The predicted octanol–water partition coefficient (Wildman–Crippen LogP) is 4.87. The van der Waals surface area contributed by atoms with Gasteiger partial charge in [0.25, 0.3) is 11.2 Å². The minimum Gasteiger partial charge on any atom is -0.477 e. The number of hydrogen-bond acceptors (Lipinski definition) is 4. The highest BCUT2D eigenvalue weighted by Crippen LogP contribution is 2.36. The van der Waals surface area contributed by atoms with E-state index >= 15 is 0 Å². The lowest BCUT2D eigenvalue weighted by Crippen LogP contribution is -2.13. The number of non-ortho nitro benzene ring substituents is 1. The molecule has 0 bridgehead atoms. The fourth-order valence-corrected chi connectivity index (χ4v) is 4.04. The summed E-state index contributed by atoms with van der Waals surface area (Å²) in [7, 11) is 0. The van der Waals surface area contributed by atoms with Gasteiger partial charge >= 0.3 is 5.97 Å². The van der Waals surface area contributed by atoms with Crippen LogP contribution in [0.1, 0.15) is 28.5 Å². The van der Waals surface area contributed by atoms with E-state index in [0.29, 0.717) is 22.0 Å². The van der Waals surface area contributed by atoms with Crippen LogP contribution in [0, 0.1) is 10.1 Å². The molecule has 2 N–H and O–H groups in total. The van der Waals surface area contributed by atoms with Crippen LogP contribution in [0.5, 0.6) is 0 Å². The first-order valence-corrected chi connectivity index (χ1v) is 10.2. The molecule has 4 aromatic rings. The Kier molecular flexibility index (Phi) is 5.54. The molecule has 2 aromatic heterocycles. The van der Waals surface area contributed by atoms with E-state index in [2.05, 4.69) is 4.98 Å². The summed E-state index contributed by atoms with van der Waals surface area (Å²) in [5.41, 5.74) is 1.84. The third kappa shape index (κ3) is 3.65. The van der Waals surface area contributed by atoms with Crippen molar-refractivity contribution >= 4 is 34.2 Å². The van der Waals surface area contributed by atoms with Gasteiger partial charge in [0, 0.05) is 45.4 Å². The van der Waals surface area contributed by atoms with Gasteiger partial charge in [-0.05, 0) is 47.9 Å². The summed E-state index contributed by atoms with van der Waals surface area (Å²) in [5.74, 6) is -1.22. The molecular formula is C23H18ClN3O5. The van der Waals surface area contributed by atoms with Gasteiger partial charge < -0.3 is 14.7 Å². The van der Waals surface area contributed by atoms with Gasteiger partial charge in [0.1, 0.15) is 5.69 Å². The molecule has 0 saturated heterocycles. The number of nitrogens with zero attached hydrogens (tertiary/aromatic N) is 2. The lowest BCUT2D eigenvalue weighted by Gasteiger charge is -2.11. The van der Waals surface area contributed by atoms with E-state index in [0.717, 1.165) is 12.0 Å². The molecule has 8 nitrogen and oxygen atoms in total. The summed E-state index contributed by atoms with van der Waals surface area (Å²) in [6, 6.07) is 12.8. The number of H-pyrrole nitrogens is 1. The van der Waals surface area contributed by atoms with Gasteiger partial charge in [0.05, 0.1) is 11.5 Å². The number of pyridine rings is 1. The van der Waals surface area contributed by atoms with E-state index in [1.54, 1.807) is 18.2 Å². The maximum atomic E-state index is 12.6. The largest absolute Gasteiger partial charge is 0.477 e. The van der Waals surface area contributed by atoms with Crippen molar-refractivity contribution in [1.82, 2.24) is 9.55 Å². The number of carbonyl (C=O) groups is 1. The Morgan fingerprint density at radius 1 is 1.22 bits per heavy atom. The van der Waals surface area contributed by atoms with Gasteiger partial charge in [-0.25, -0.2) is 4.79 Å². The smallest absolute Gasteiger partial charge is 0.353 e. The lowest BCUT2D eigenvalue weighted by atomic mass is 10.0. The van der Waals surface area contributed by atoms with E-state index in [-0.39, 0.29) is 28.5 Å². The van der Waals surface area contributed by atoms with Crippen molar-refractivity contribution < 1.29 is 14.8 Å². The number of carboxylic acid groups (broad SMARTS) is 1. The third-order valence-corrected chi connectivity index (χ3v) is 5.76. The van der Waals surface area contributed by atoms with Crippen molar-refractivity contribution in [2.45, 2.75) is 19.9 Å². The number of benzene rings is 2. The number of aromatic nitrogens is 2. The van der Waals surface area contributed by atoms with Crippen molar-refractivity contribution in [1.29, 1.82) is 0 Å². The van der Waals surface area contributed by atoms with Crippen LogP contribution in [0.3, 0.4) is 0 Å². The van der Waals surface area contributed by atoms with Gasteiger partial charge in [0.2, 0.25) is 0 Å². The molecular weight excluding hydrogens is 434 g/mol. The van der Waals surface area contributed by atoms with Crippen LogP contribution in [0.25, 0.3) is 22.0 Å². The first kappa shape index (κ1) is 21.3. The number of nitro groups is 1. The van der Waals surface area contributed by atoms with Crippen molar-refractivity contribution in [3.8, 4) is 11.1 Å². The minimum absolute atomic E-state index is 0.0190. The number of rotatable bonds is 6. The molecule has 2 heterocycles. The third-order valence-electron chi connectivity index (χ3n) is 5.39. The molecule has 0 unspecified atom stereocenters. The molecule has 0 aliphatic heterocycles. The molecule has 0 saturated carbocycles. The Balaban J connectivity index is 2.06. The van der Waals surface area contributed by atoms with Gasteiger partial charge in [-0.2, -0.15) is 0 Å². The second-order valence-electron chi connectivity index (χ2n) is 7.27. The molecule has 0 spiro atoms. The molecule has 0 aliphatic carbocycles. The summed E-state index contributed by atoms with van der Waals surface area (Å²) in [4.78, 5) is 38.3. The quantitative estimate of drug-likeness (QED) is 0.320. The Morgan fingerprint density at radius 3 is 2.66 bits per heavy atom. The molecule has 0 aliphatic rings. The van der Waals surface area contributed by atoms with E-state index in [1.807, 2.05) is 19.1 Å². The fraction of sp³-hybridized carbons (Fsp3) is 0.130. The number of carboxylic acids is 1. The molecule has 0 fully saturated rings. The van der Waals surface area contributed by atoms with Crippen LogP contribution < -0.4 is 5.56 Å². The van der Waals surface area contributed by atoms with Gasteiger partial charge in [-0.15, -0.1) is 0 Å². The lowest BCUT2D eigenvalue weighted by molar-refractivity contribution is -0.384. The Labute approximate surface area is 186 Å². The fourth-order valence-electron chi connectivity index (χ4n) is 3.87. The Bertz CT molecular complexity index is 1440. The molecule has 162 valence electrons. The number of aromatic carboxylic acids is 1. The number of nitrogens with one attached hydrogen (secondary N) is 1. The number of fused-ring (bicyclic) bond motifs is 1. The predicted molar refractivity (Wildman–Crippen MR) is 122 cm³/mol. The zero-order chi connectivity index (χ0) is 23.0. The van der Waals surface area contributed by atoms with Gasteiger partial charge in [0.15, 0.2) is 0 Å². The highest BCUT2D eigenvalue weighted by Gasteiger charge is 2.26. The number of halogens is 1. The number of nitro benzene ring substituents is 1. The average molecular weight is 452 g/mol. The van der Waals surface area contributed by atoms with Crippen LogP contribution >= 0.6 is 11.6 Å². The number of aryl methyl sites for hydroxylation is 1. The highest BCUT2D eigenvalue weighted by atomic mass is 35.5. The first-order chi connectivity index (χ1) is 15.3. The molecule has 9 heteroatoms. The standard InChI is InChI=1S/C23H18ClN3O5/c1-2-13-5-8-19-17(10-13)20(16-4-3-9-25-22(16)28)21(23(29)30)26(19)12-14-11-15(27(31)32)6-7-18(14)24/h3-11H,2,12H2,1H3,(H,25,28)(H,29,30). The highest BCUT2D eigenvalue weighted by molar-refractivity contribution is 6.31. The number of hydrogen-bond donors (Lipinski definition) is 2.